The van der Waals surface area contributed by atoms with Crippen molar-refractivity contribution in [2.75, 3.05) is 13.1 Å². The van der Waals surface area contributed by atoms with Crippen molar-refractivity contribution in [3.8, 4) is 0 Å². The molecule has 2 aliphatic rings. The molecule has 0 radical (unpaired) electrons. The molecule has 21 heavy (non-hydrogen) atoms. The Kier molecular flexibility index (Phi) is 3.53. The molecule has 2 aliphatic heterocycles. The lowest BCUT2D eigenvalue weighted by Gasteiger charge is -2.25. The molecular formula is C15H20N2O3S. The van der Waals surface area contributed by atoms with Crippen LogP contribution in [-0.2, 0) is 21.4 Å². The zero-order valence-electron chi connectivity index (χ0n) is 12.3. The highest BCUT2D eigenvalue weighted by molar-refractivity contribution is 7.89. The number of nitrogens with zero attached hydrogens (tertiary/aromatic N) is 2. The number of fused-ring (bicyclic) bond motifs is 1. The Morgan fingerprint density at radius 1 is 1.29 bits per heavy atom. The van der Waals surface area contributed by atoms with E-state index in [9.17, 15) is 13.2 Å². The first-order valence-electron chi connectivity index (χ1n) is 7.31. The second kappa shape index (κ2) is 5.10. The summed E-state index contributed by atoms with van der Waals surface area (Å²) in [5.74, 6) is -0.0598. The summed E-state index contributed by atoms with van der Waals surface area (Å²) < 4.78 is 27.3. The average molecular weight is 308 g/mol. The quantitative estimate of drug-likeness (QED) is 0.850. The molecule has 1 aromatic carbocycles. The van der Waals surface area contributed by atoms with Gasteiger partial charge >= 0.3 is 0 Å². The number of carbonyl (C=O) groups is 1. The van der Waals surface area contributed by atoms with Crippen LogP contribution in [0, 0.1) is 0 Å². The second-order valence-electron chi connectivity index (χ2n) is 5.72. The van der Waals surface area contributed by atoms with Crippen LogP contribution in [0.25, 0.3) is 0 Å². The summed E-state index contributed by atoms with van der Waals surface area (Å²) >= 11 is 0. The van der Waals surface area contributed by atoms with Crippen molar-refractivity contribution < 1.29 is 13.2 Å². The van der Waals surface area contributed by atoms with Crippen LogP contribution < -0.4 is 0 Å². The van der Waals surface area contributed by atoms with Crippen LogP contribution in [0.15, 0.2) is 24.3 Å². The van der Waals surface area contributed by atoms with Crippen LogP contribution >= 0.6 is 0 Å². The van der Waals surface area contributed by atoms with Gasteiger partial charge in [-0.25, -0.2) is 8.42 Å². The minimum absolute atomic E-state index is 0.0598. The van der Waals surface area contributed by atoms with E-state index < -0.39 is 15.3 Å². The van der Waals surface area contributed by atoms with Gasteiger partial charge in [0.15, 0.2) is 0 Å². The van der Waals surface area contributed by atoms with Crippen molar-refractivity contribution in [2.24, 2.45) is 0 Å². The van der Waals surface area contributed by atoms with E-state index in [-0.39, 0.29) is 18.4 Å². The lowest BCUT2D eigenvalue weighted by atomic mass is 10.1. The topological polar surface area (TPSA) is 57.7 Å². The third-order valence-electron chi connectivity index (χ3n) is 4.57. The number of carbonyl (C=O) groups excluding carboxylic acids is 1. The van der Waals surface area contributed by atoms with Crippen LogP contribution in [0.1, 0.15) is 37.4 Å². The molecule has 0 spiro atoms. The average Bonchev–Trinajstić information content (AvgIpc) is 3.01. The van der Waals surface area contributed by atoms with Crippen molar-refractivity contribution in [1.82, 2.24) is 9.21 Å². The van der Waals surface area contributed by atoms with Gasteiger partial charge in [0, 0.05) is 32.1 Å². The Hall–Kier alpha value is -1.40. The molecule has 1 unspecified atom stereocenters. The molecule has 3 rings (SSSR count). The van der Waals surface area contributed by atoms with Gasteiger partial charge < -0.3 is 4.90 Å². The van der Waals surface area contributed by atoms with Gasteiger partial charge in [-0.15, -0.1) is 0 Å². The number of sulfonamides is 1. The predicted molar refractivity (Wildman–Crippen MR) is 80.0 cm³/mol. The van der Waals surface area contributed by atoms with Crippen molar-refractivity contribution >= 4 is 15.9 Å². The Bertz CT molecular complexity index is 671. The van der Waals surface area contributed by atoms with E-state index in [1.807, 2.05) is 38.1 Å². The normalized spacial score (nSPS) is 26.4. The molecule has 0 N–H and O–H groups in total. The van der Waals surface area contributed by atoms with Crippen molar-refractivity contribution in [1.29, 1.82) is 0 Å². The lowest BCUT2D eigenvalue weighted by molar-refractivity contribution is -0.127. The molecule has 0 aromatic heterocycles. The fourth-order valence-corrected chi connectivity index (χ4v) is 5.27. The Morgan fingerprint density at radius 2 is 2.00 bits per heavy atom. The third kappa shape index (κ3) is 2.26. The first kappa shape index (κ1) is 14.5. The van der Waals surface area contributed by atoms with E-state index in [0.717, 1.165) is 11.1 Å². The van der Waals surface area contributed by atoms with Gasteiger partial charge in [-0.2, -0.15) is 4.31 Å². The number of amides is 1. The van der Waals surface area contributed by atoms with Gasteiger partial charge in [-0.05, 0) is 25.0 Å². The second-order valence-corrected chi connectivity index (χ2v) is 7.89. The van der Waals surface area contributed by atoms with Crippen LogP contribution in [-0.4, -0.2) is 41.9 Å². The lowest BCUT2D eigenvalue weighted by Crippen LogP contribution is -2.38. The van der Waals surface area contributed by atoms with Gasteiger partial charge in [0.2, 0.25) is 15.9 Å². The molecule has 114 valence electrons. The molecule has 1 aromatic rings. The minimum Gasteiger partial charge on any atom is -0.342 e. The van der Waals surface area contributed by atoms with Gasteiger partial charge in [0.25, 0.3) is 0 Å². The smallest absolute Gasteiger partial charge is 0.224 e. The fourth-order valence-electron chi connectivity index (χ4n) is 3.29. The highest BCUT2D eigenvalue weighted by atomic mass is 32.2. The molecule has 1 fully saturated rings. The minimum atomic E-state index is -3.46. The molecule has 1 amide bonds. The highest BCUT2D eigenvalue weighted by Crippen LogP contribution is 2.37. The molecule has 1 saturated heterocycles. The molecule has 0 bridgehead atoms. The van der Waals surface area contributed by atoms with Gasteiger partial charge in [-0.1, -0.05) is 24.3 Å². The van der Waals surface area contributed by atoms with E-state index >= 15 is 0 Å². The Morgan fingerprint density at radius 3 is 2.62 bits per heavy atom. The molecule has 6 heteroatoms. The first-order valence-corrected chi connectivity index (χ1v) is 8.81. The molecule has 0 aliphatic carbocycles. The summed E-state index contributed by atoms with van der Waals surface area (Å²) in [5.41, 5.74) is 2.13. The molecule has 5 nitrogen and oxygen atoms in total. The van der Waals surface area contributed by atoms with E-state index in [1.165, 1.54) is 0 Å². The fraction of sp³-hybridized carbons (Fsp3) is 0.533. The van der Waals surface area contributed by atoms with Crippen molar-refractivity contribution in [2.45, 2.75) is 38.1 Å². The highest BCUT2D eigenvalue weighted by Gasteiger charge is 2.44. The van der Waals surface area contributed by atoms with E-state index in [2.05, 4.69) is 0 Å². The van der Waals surface area contributed by atoms with E-state index in [0.29, 0.717) is 19.6 Å². The summed E-state index contributed by atoms with van der Waals surface area (Å²) in [6, 6.07) is 7.66. The van der Waals surface area contributed by atoms with Gasteiger partial charge in [-0.3, -0.25) is 4.79 Å². The maximum atomic E-state index is 12.9. The van der Waals surface area contributed by atoms with E-state index in [4.69, 9.17) is 0 Å². The number of hydrogen-bond acceptors (Lipinski definition) is 3. The van der Waals surface area contributed by atoms with Gasteiger partial charge in [0.05, 0.1) is 0 Å². The zero-order chi connectivity index (χ0) is 15.2. The molecular weight excluding hydrogens is 288 g/mol. The number of benzene rings is 1. The summed E-state index contributed by atoms with van der Waals surface area (Å²) in [5, 5.41) is -0.610. The first-order chi connectivity index (χ1) is 9.95. The van der Waals surface area contributed by atoms with Gasteiger partial charge in [0.1, 0.15) is 5.25 Å². The predicted octanol–water partition coefficient (Wildman–Crippen LogP) is 1.51. The monoisotopic (exact) mass is 308 g/mol. The SMILES string of the molecule is CCN1CC(S(=O)(=O)N2Cc3ccccc3[C@H]2C)CC1=O. The maximum absolute atomic E-state index is 12.9. The van der Waals surface area contributed by atoms with Crippen LogP contribution in [0.2, 0.25) is 0 Å². The zero-order valence-corrected chi connectivity index (χ0v) is 13.1. The van der Waals surface area contributed by atoms with Crippen LogP contribution in [0.3, 0.4) is 0 Å². The molecule has 2 heterocycles. The standard InChI is InChI=1S/C15H20N2O3S/c1-3-16-10-13(8-15(16)18)21(19,20)17-9-12-6-4-5-7-14(12)11(17)2/h4-7,11,13H,3,8-10H2,1-2H3/t11-,13?/m1/s1. The summed E-state index contributed by atoms with van der Waals surface area (Å²) in [4.78, 5) is 13.4. The van der Waals surface area contributed by atoms with E-state index in [1.54, 1.807) is 9.21 Å². The number of rotatable bonds is 3. The largest absolute Gasteiger partial charge is 0.342 e. The van der Waals surface area contributed by atoms with Crippen LogP contribution in [0.5, 0.6) is 0 Å². The number of hydrogen-bond donors (Lipinski definition) is 0. The van der Waals surface area contributed by atoms with Crippen molar-refractivity contribution in [3.63, 3.8) is 0 Å². The maximum Gasteiger partial charge on any atom is 0.224 e. The van der Waals surface area contributed by atoms with Crippen molar-refractivity contribution in [3.05, 3.63) is 35.4 Å². The molecule has 2 atom stereocenters. The summed E-state index contributed by atoms with van der Waals surface area (Å²) in [6.07, 6.45) is 0.107. The Balaban J connectivity index is 1.86. The Labute approximate surface area is 125 Å². The summed E-state index contributed by atoms with van der Waals surface area (Å²) in [7, 11) is -3.46. The summed E-state index contributed by atoms with van der Waals surface area (Å²) in [6.45, 7) is 5.09. The van der Waals surface area contributed by atoms with Crippen LogP contribution in [0.4, 0.5) is 0 Å². The third-order valence-corrected chi connectivity index (χ3v) is 6.83. The molecule has 0 saturated carbocycles. The number of likely N-dealkylation sites (tertiary alicyclic amines) is 1.